The smallest absolute Gasteiger partial charge is 0.328 e. The number of rotatable bonds is 6. The van der Waals surface area contributed by atoms with Gasteiger partial charge in [0.1, 0.15) is 11.8 Å². The Morgan fingerprint density at radius 1 is 0.929 bits per heavy atom. The van der Waals surface area contributed by atoms with E-state index in [9.17, 15) is 14.4 Å². The zero-order valence-electron chi connectivity index (χ0n) is 28.2. The van der Waals surface area contributed by atoms with Crippen LogP contribution in [0.2, 0.25) is 0 Å². The summed E-state index contributed by atoms with van der Waals surface area (Å²) in [5, 5.41) is 3.25. The molecule has 0 spiro atoms. The number of carbonyl (C=O) groups is 3. The number of ketones is 1. The monoisotopic (exact) mass is 581 g/mol. The van der Waals surface area contributed by atoms with Gasteiger partial charge in [-0.1, -0.05) is 60.6 Å². The van der Waals surface area contributed by atoms with Crippen LogP contribution in [0.15, 0.2) is 12.2 Å². The zero-order valence-corrected chi connectivity index (χ0v) is 28.2. The molecule has 236 valence electrons. The Kier molecular flexibility index (Phi) is 7.92. The number of nitrogens with one attached hydrogen (secondary N) is 1. The van der Waals surface area contributed by atoms with Crippen LogP contribution in [-0.2, 0) is 19.1 Å². The van der Waals surface area contributed by atoms with Gasteiger partial charge in [-0.25, -0.2) is 4.79 Å². The summed E-state index contributed by atoms with van der Waals surface area (Å²) in [6, 6.07) is -0.601. The molecular formula is C37H59NO4. The third-order valence-corrected chi connectivity index (χ3v) is 14.8. The van der Waals surface area contributed by atoms with Crippen molar-refractivity contribution >= 4 is 17.7 Å². The second-order valence-electron chi connectivity index (χ2n) is 17.2. The first kappa shape index (κ1) is 31.8. The standard InChI is InChI=1S/C37H59NO4/c1-22(2)21-26(31(40)42-10)38-32(41)37-18-13-24(23(3)4)30(37)25-11-12-28-34(7)16-15-29(39)33(5,6)27(34)14-17-36(28,9)35(25,8)19-20-37/h22,24-28,30H,3,11-21H2,1-2,4-10H3,(H,38,41)/t24-,25?,26-,27?,28+,30?,34-,35-,36+,37-/m0/s1. The first-order chi connectivity index (χ1) is 19.5. The van der Waals surface area contributed by atoms with E-state index in [1.807, 2.05) is 0 Å². The minimum atomic E-state index is -0.601. The first-order valence-corrected chi connectivity index (χ1v) is 17.1. The fraction of sp³-hybridized carbons (Fsp3) is 0.865. The predicted molar refractivity (Wildman–Crippen MR) is 167 cm³/mol. The van der Waals surface area contributed by atoms with Crippen LogP contribution >= 0.6 is 0 Å². The highest BCUT2D eigenvalue weighted by atomic mass is 16.5. The van der Waals surface area contributed by atoms with Crippen LogP contribution in [0.5, 0.6) is 0 Å². The van der Waals surface area contributed by atoms with Crippen molar-refractivity contribution in [3.63, 3.8) is 0 Å². The summed E-state index contributed by atoms with van der Waals surface area (Å²) < 4.78 is 5.13. The summed E-state index contributed by atoms with van der Waals surface area (Å²) in [6.07, 6.45) is 10.8. The van der Waals surface area contributed by atoms with Crippen molar-refractivity contribution in [2.24, 2.45) is 62.6 Å². The summed E-state index contributed by atoms with van der Waals surface area (Å²) >= 11 is 0. The van der Waals surface area contributed by atoms with Crippen molar-refractivity contribution < 1.29 is 19.1 Å². The topological polar surface area (TPSA) is 72.5 Å². The van der Waals surface area contributed by atoms with Crippen molar-refractivity contribution in [3.8, 4) is 0 Å². The number of ether oxygens (including phenoxy) is 1. The Morgan fingerprint density at radius 2 is 1.62 bits per heavy atom. The van der Waals surface area contributed by atoms with Gasteiger partial charge in [-0.3, -0.25) is 9.59 Å². The number of amides is 1. The van der Waals surface area contributed by atoms with E-state index in [1.54, 1.807) is 0 Å². The Labute approximate surface area is 255 Å². The van der Waals surface area contributed by atoms with Crippen LogP contribution in [-0.4, -0.2) is 30.8 Å². The van der Waals surface area contributed by atoms with E-state index in [4.69, 9.17) is 4.74 Å². The molecule has 5 heteroatoms. The van der Waals surface area contributed by atoms with Gasteiger partial charge >= 0.3 is 5.97 Å². The van der Waals surface area contributed by atoms with E-state index in [0.29, 0.717) is 42.3 Å². The zero-order chi connectivity index (χ0) is 31.0. The van der Waals surface area contributed by atoms with Gasteiger partial charge in [0, 0.05) is 11.8 Å². The lowest BCUT2D eigenvalue weighted by atomic mass is 9.32. The molecule has 5 fully saturated rings. The van der Waals surface area contributed by atoms with Crippen molar-refractivity contribution in [1.82, 2.24) is 5.32 Å². The average Bonchev–Trinajstić information content (AvgIpc) is 3.32. The van der Waals surface area contributed by atoms with Gasteiger partial charge in [-0.15, -0.1) is 0 Å². The SMILES string of the molecule is C=C(C)[C@@H]1CC[C@]2(C(=O)N[C@@H](CC(C)C)C(=O)OC)CC[C@@]3(C)C(CC[C@@H]4[C@@]5(C)CCC(=O)C(C)(C)C5CC[C@]43C)C12. The number of fused-ring (bicyclic) bond motifs is 7. The van der Waals surface area contributed by atoms with Gasteiger partial charge in [-0.05, 0) is 123 Å². The number of allylic oxidation sites excluding steroid dienone is 1. The summed E-state index contributed by atoms with van der Waals surface area (Å²) in [7, 11) is 1.42. The lowest BCUT2D eigenvalue weighted by Gasteiger charge is -2.72. The van der Waals surface area contributed by atoms with Crippen LogP contribution in [0.1, 0.15) is 126 Å². The summed E-state index contributed by atoms with van der Waals surface area (Å²) in [4.78, 5) is 40.3. The molecular weight excluding hydrogens is 522 g/mol. The fourth-order valence-corrected chi connectivity index (χ4v) is 12.5. The third-order valence-electron chi connectivity index (χ3n) is 14.8. The second kappa shape index (κ2) is 10.5. The average molecular weight is 582 g/mol. The second-order valence-corrected chi connectivity index (χ2v) is 17.2. The maximum atomic E-state index is 14.5. The Morgan fingerprint density at radius 3 is 2.24 bits per heavy atom. The molecule has 0 aromatic carbocycles. The molecule has 5 aliphatic carbocycles. The maximum Gasteiger partial charge on any atom is 0.328 e. The van der Waals surface area contributed by atoms with Gasteiger partial charge in [0.05, 0.1) is 12.5 Å². The maximum absolute atomic E-state index is 14.5. The van der Waals surface area contributed by atoms with E-state index < -0.39 is 11.5 Å². The van der Waals surface area contributed by atoms with Crippen LogP contribution in [0.4, 0.5) is 0 Å². The molecule has 5 nitrogen and oxygen atoms in total. The number of hydrogen-bond donors (Lipinski definition) is 1. The quantitative estimate of drug-likeness (QED) is 0.255. The number of carbonyl (C=O) groups excluding carboxylic acids is 3. The van der Waals surface area contributed by atoms with E-state index >= 15 is 0 Å². The van der Waals surface area contributed by atoms with Crippen molar-refractivity contribution in [1.29, 1.82) is 0 Å². The van der Waals surface area contributed by atoms with Crippen molar-refractivity contribution in [2.45, 2.75) is 132 Å². The molecule has 10 atom stereocenters. The number of esters is 1. The van der Waals surface area contributed by atoms with E-state index in [-0.39, 0.29) is 45.4 Å². The van der Waals surface area contributed by atoms with E-state index in [2.05, 4.69) is 67.3 Å². The number of Topliss-reactive ketones (excluding diaryl/α,β-unsaturated/α-hetero) is 1. The largest absolute Gasteiger partial charge is 0.467 e. The Bertz CT molecular complexity index is 1140. The van der Waals surface area contributed by atoms with Gasteiger partial charge in [-0.2, -0.15) is 0 Å². The number of hydrogen-bond acceptors (Lipinski definition) is 4. The fourth-order valence-electron chi connectivity index (χ4n) is 12.5. The van der Waals surface area contributed by atoms with Crippen LogP contribution in [0.25, 0.3) is 0 Å². The summed E-state index contributed by atoms with van der Waals surface area (Å²) in [6.45, 7) is 23.0. The van der Waals surface area contributed by atoms with E-state index in [1.165, 1.54) is 25.5 Å². The van der Waals surface area contributed by atoms with Gasteiger partial charge in [0.2, 0.25) is 5.91 Å². The first-order valence-electron chi connectivity index (χ1n) is 17.1. The predicted octanol–water partition coefficient (Wildman–Crippen LogP) is 7.92. The minimum absolute atomic E-state index is 0.0739. The highest BCUT2D eigenvalue weighted by Crippen LogP contribution is 2.77. The molecule has 0 aromatic heterocycles. The van der Waals surface area contributed by atoms with Crippen LogP contribution in [0.3, 0.4) is 0 Å². The van der Waals surface area contributed by atoms with Gasteiger partial charge < -0.3 is 10.1 Å². The summed E-state index contributed by atoms with van der Waals surface area (Å²) in [5.41, 5.74) is 0.991. The molecule has 0 aromatic rings. The molecule has 5 rings (SSSR count). The molecule has 0 saturated heterocycles. The molecule has 1 N–H and O–H groups in total. The molecule has 5 aliphatic rings. The Hall–Kier alpha value is -1.65. The molecule has 5 saturated carbocycles. The molecule has 0 heterocycles. The minimum Gasteiger partial charge on any atom is -0.467 e. The van der Waals surface area contributed by atoms with Crippen LogP contribution < -0.4 is 5.32 Å². The lowest BCUT2D eigenvalue weighted by molar-refractivity contribution is -0.233. The highest BCUT2D eigenvalue weighted by Gasteiger charge is 2.72. The summed E-state index contributed by atoms with van der Waals surface area (Å²) in [5.74, 6) is 2.54. The van der Waals surface area contributed by atoms with Crippen molar-refractivity contribution in [3.05, 3.63) is 12.2 Å². The van der Waals surface area contributed by atoms with Crippen LogP contribution in [0, 0.1) is 62.6 Å². The normalized spacial score (nSPS) is 44.7. The number of methoxy groups -OCH3 is 1. The highest BCUT2D eigenvalue weighted by molar-refractivity contribution is 5.89. The van der Waals surface area contributed by atoms with Gasteiger partial charge in [0.15, 0.2) is 0 Å². The molecule has 1 amide bonds. The molecule has 0 radical (unpaired) electrons. The molecule has 0 aliphatic heterocycles. The van der Waals surface area contributed by atoms with Gasteiger partial charge in [0.25, 0.3) is 0 Å². The third kappa shape index (κ3) is 4.31. The Balaban J connectivity index is 1.51. The molecule has 42 heavy (non-hydrogen) atoms. The lowest BCUT2D eigenvalue weighted by Crippen LogP contribution is -2.67. The molecule has 0 bridgehead atoms. The molecule has 3 unspecified atom stereocenters. The van der Waals surface area contributed by atoms with Crippen molar-refractivity contribution in [2.75, 3.05) is 7.11 Å². The van der Waals surface area contributed by atoms with E-state index in [0.717, 1.165) is 44.9 Å².